The van der Waals surface area contributed by atoms with Crippen LogP contribution in [0.4, 0.5) is 0 Å². The Kier molecular flexibility index (Phi) is 5.17. The van der Waals surface area contributed by atoms with Crippen LogP contribution >= 0.6 is 0 Å². The van der Waals surface area contributed by atoms with Crippen molar-refractivity contribution in [3.05, 3.63) is 25.0 Å². The standard InChI is InChI=1S/C9H15N3O3S/c1-2-3-5-15-6-4-12-16(13,14)9-7-10-11-8-9/h2,7-8,12H,1,3-6H2,(H,10,11). The molecule has 0 saturated heterocycles. The lowest BCUT2D eigenvalue weighted by atomic mass is 10.5. The van der Waals surface area contributed by atoms with Gasteiger partial charge in [0, 0.05) is 12.7 Å². The van der Waals surface area contributed by atoms with Gasteiger partial charge in [0.05, 0.1) is 19.4 Å². The molecule has 0 amide bonds. The molecule has 0 aliphatic carbocycles. The van der Waals surface area contributed by atoms with Crippen molar-refractivity contribution in [3.63, 3.8) is 0 Å². The Bertz CT molecular complexity index is 400. The minimum Gasteiger partial charge on any atom is -0.380 e. The molecule has 7 heteroatoms. The zero-order valence-corrected chi connectivity index (χ0v) is 9.66. The summed E-state index contributed by atoms with van der Waals surface area (Å²) in [6.07, 6.45) is 5.08. The van der Waals surface area contributed by atoms with Crippen LogP contribution in [0.25, 0.3) is 0 Å². The van der Waals surface area contributed by atoms with E-state index in [2.05, 4.69) is 21.5 Å². The number of H-pyrrole nitrogens is 1. The Morgan fingerprint density at radius 1 is 1.56 bits per heavy atom. The number of ether oxygens (including phenoxy) is 1. The van der Waals surface area contributed by atoms with Crippen molar-refractivity contribution >= 4 is 10.0 Å². The fourth-order valence-electron chi connectivity index (χ4n) is 0.986. The predicted octanol–water partition coefficient (Wildman–Crippen LogP) is 0.281. The quantitative estimate of drug-likeness (QED) is 0.509. The third-order valence-electron chi connectivity index (χ3n) is 1.79. The summed E-state index contributed by atoms with van der Waals surface area (Å²) in [5, 5.41) is 6.01. The van der Waals surface area contributed by atoms with Gasteiger partial charge in [0.15, 0.2) is 0 Å². The van der Waals surface area contributed by atoms with Gasteiger partial charge in [-0.3, -0.25) is 5.10 Å². The molecule has 0 radical (unpaired) electrons. The van der Waals surface area contributed by atoms with Gasteiger partial charge in [0.25, 0.3) is 0 Å². The second-order valence-corrected chi connectivity index (χ2v) is 4.79. The van der Waals surface area contributed by atoms with Crippen molar-refractivity contribution in [2.45, 2.75) is 11.3 Å². The lowest BCUT2D eigenvalue weighted by molar-refractivity contribution is 0.144. The normalized spacial score (nSPS) is 11.5. The van der Waals surface area contributed by atoms with Crippen LogP contribution < -0.4 is 4.72 Å². The highest BCUT2D eigenvalue weighted by Crippen LogP contribution is 2.03. The molecule has 90 valence electrons. The smallest absolute Gasteiger partial charge is 0.243 e. The number of hydrogen-bond donors (Lipinski definition) is 2. The Hall–Kier alpha value is -1.18. The highest BCUT2D eigenvalue weighted by atomic mass is 32.2. The van der Waals surface area contributed by atoms with Crippen LogP contribution in [0.5, 0.6) is 0 Å². The summed E-state index contributed by atoms with van der Waals surface area (Å²) in [6, 6.07) is 0. The number of sulfonamides is 1. The van der Waals surface area contributed by atoms with E-state index in [-0.39, 0.29) is 11.4 Å². The average Bonchev–Trinajstić information content (AvgIpc) is 2.77. The molecule has 0 saturated carbocycles. The summed E-state index contributed by atoms with van der Waals surface area (Å²) < 4.78 is 30.6. The first kappa shape index (κ1) is 12.9. The van der Waals surface area contributed by atoms with E-state index in [0.29, 0.717) is 13.2 Å². The summed E-state index contributed by atoms with van der Waals surface area (Å²) in [5.41, 5.74) is 0. The summed E-state index contributed by atoms with van der Waals surface area (Å²) in [4.78, 5) is 0.124. The molecular formula is C9H15N3O3S. The van der Waals surface area contributed by atoms with Crippen molar-refractivity contribution in [2.24, 2.45) is 0 Å². The van der Waals surface area contributed by atoms with E-state index in [4.69, 9.17) is 4.74 Å². The molecule has 1 aromatic heterocycles. The molecule has 0 aliphatic heterocycles. The van der Waals surface area contributed by atoms with Crippen molar-refractivity contribution in [2.75, 3.05) is 19.8 Å². The molecular weight excluding hydrogens is 230 g/mol. The molecule has 6 nitrogen and oxygen atoms in total. The van der Waals surface area contributed by atoms with Crippen molar-refractivity contribution in [1.82, 2.24) is 14.9 Å². The van der Waals surface area contributed by atoms with Crippen molar-refractivity contribution in [1.29, 1.82) is 0 Å². The highest BCUT2D eigenvalue weighted by Gasteiger charge is 2.13. The maximum absolute atomic E-state index is 11.5. The molecule has 0 aliphatic rings. The molecule has 0 bridgehead atoms. The average molecular weight is 245 g/mol. The number of nitrogens with zero attached hydrogens (tertiary/aromatic N) is 1. The van der Waals surface area contributed by atoms with Crippen molar-refractivity contribution < 1.29 is 13.2 Å². The molecule has 1 heterocycles. The zero-order chi connectivity index (χ0) is 11.9. The molecule has 1 aromatic rings. The second kappa shape index (κ2) is 6.41. The van der Waals surface area contributed by atoms with E-state index in [1.165, 1.54) is 12.4 Å². The van der Waals surface area contributed by atoms with Crippen LogP contribution in [0.3, 0.4) is 0 Å². The van der Waals surface area contributed by atoms with Gasteiger partial charge in [0.2, 0.25) is 10.0 Å². The Morgan fingerprint density at radius 2 is 2.38 bits per heavy atom. The van der Waals surface area contributed by atoms with E-state index in [1.54, 1.807) is 6.08 Å². The number of aromatic amines is 1. The molecule has 2 N–H and O–H groups in total. The van der Waals surface area contributed by atoms with E-state index in [1.807, 2.05) is 0 Å². The van der Waals surface area contributed by atoms with Crippen LogP contribution in [-0.4, -0.2) is 38.4 Å². The van der Waals surface area contributed by atoms with Crippen LogP contribution in [0, 0.1) is 0 Å². The van der Waals surface area contributed by atoms with Gasteiger partial charge in [-0.05, 0) is 6.42 Å². The van der Waals surface area contributed by atoms with Gasteiger partial charge in [-0.15, -0.1) is 6.58 Å². The first-order valence-electron chi connectivity index (χ1n) is 4.84. The van der Waals surface area contributed by atoms with Gasteiger partial charge >= 0.3 is 0 Å². The maximum atomic E-state index is 11.5. The fraction of sp³-hybridized carbons (Fsp3) is 0.444. The van der Waals surface area contributed by atoms with E-state index >= 15 is 0 Å². The first-order chi connectivity index (χ1) is 7.67. The molecule has 16 heavy (non-hydrogen) atoms. The lowest BCUT2D eigenvalue weighted by Crippen LogP contribution is -2.27. The fourth-order valence-corrected chi connectivity index (χ4v) is 1.90. The van der Waals surface area contributed by atoms with Crippen LogP contribution in [0.1, 0.15) is 6.42 Å². The highest BCUT2D eigenvalue weighted by molar-refractivity contribution is 7.89. The SMILES string of the molecule is C=CCCOCCNS(=O)(=O)c1cn[nH]c1. The van der Waals surface area contributed by atoms with Gasteiger partial charge in [-0.1, -0.05) is 6.08 Å². The van der Waals surface area contributed by atoms with E-state index < -0.39 is 10.0 Å². The number of aromatic nitrogens is 2. The minimum absolute atomic E-state index is 0.124. The van der Waals surface area contributed by atoms with Crippen molar-refractivity contribution in [3.8, 4) is 0 Å². The minimum atomic E-state index is -3.45. The van der Waals surface area contributed by atoms with E-state index in [9.17, 15) is 8.42 Å². The largest absolute Gasteiger partial charge is 0.380 e. The molecule has 0 unspecified atom stereocenters. The number of rotatable bonds is 8. The van der Waals surface area contributed by atoms with Gasteiger partial charge in [-0.2, -0.15) is 5.10 Å². The topological polar surface area (TPSA) is 84.1 Å². The maximum Gasteiger partial charge on any atom is 0.243 e. The lowest BCUT2D eigenvalue weighted by Gasteiger charge is -2.04. The molecule has 0 fully saturated rings. The summed E-state index contributed by atoms with van der Waals surface area (Å²) in [7, 11) is -3.45. The third kappa shape index (κ3) is 4.13. The van der Waals surface area contributed by atoms with Crippen LogP contribution in [-0.2, 0) is 14.8 Å². The van der Waals surface area contributed by atoms with Gasteiger partial charge in [-0.25, -0.2) is 13.1 Å². The molecule has 0 spiro atoms. The monoisotopic (exact) mass is 245 g/mol. The first-order valence-corrected chi connectivity index (χ1v) is 6.32. The summed E-state index contributed by atoms with van der Waals surface area (Å²) in [5.74, 6) is 0. The van der Waals surface area contributed by atoms with Crippen LogP contribution in [0.15, 0.2) is 29.9 Å². The van der Waals surface area contributed by atoms with Gasteiger partial charge in [0.1, 0.15) is 4.90 Å². The summed E-state index contributed by atoms with van der Waals surface area (Å²) in [6.45, 7) is 4.68. The Morgan fingerprint density at radius 3 is 3.00 bits per heavy atom. The number of hydrogen-bond acceptors (Lipinski definition) is 4. The Balaban J connectivity index is 2.25. The number of nitrogens with one attached hydrogen (secondary N) is 2. The zero-order valence-electron chi connectivity index (χ0n) is 8.85. The molecule has 0 atom stereocenters. The van der Waals surface area contributed by atoms with Gasteiger partial charge < -0.3 is 4.74 Å². The van der Waals surface area contributed by atoms with Crippen LogP contribution in [0.2, 0.25) is 0 Å². The predicted molar refractivity (Wildman–Crippen MR) is 59.4 cm³/mol. The van der Waals surface area contributed by atoms with E-state index in [0.717, 1.165) is 6.42 Å². The summed E-state index contributed by atoms with van der Waals surface area (Å²) >= 11 is 0. The second-order valence-electron chi connectivity index (χ2n) is 3.02. The Labute approximate surface area is 94.8 Å². The third-order valence-corrected chi connectivity index (χ3v) is 3.22. The molecule has 0 aromatic carbocycles. The molecule has 1 rings (SSSR count).